The third kappa shape index (κ3) is 4.51. The molecule has 3 heterocycles. The second kappa shape index (κ2) is 8.98. The highest BCUT2D eigenvalue weighted by molar-refractivity contribution is 7.19. The van der Waals surface area contributed by atoms with Crippen molar-refractivity contribution >= 4 is 45.2 Å². The van der Waals surface area contributed by atoms with Crippen LogP contribution in [0.25, 0.3) is 10.2 Å². The molecule has 8 heteroatoms. The van der Waals surface area contributed by atoms with Crippen molar-refractivity contribution in [3.8, 4) is 5.75 Å². The molecular weight excluding hydrogens is 448 g/mol. The molecule has 1 aromatic carbocycles. The number of esters is 1. The Bertz CT molecular complexity index is 1280. The summed E-state index contributed by atoms with van der Waals surface area (Å²) in [6.45, 7) is 10.0. The Morgan fingerprint density at radius 1 is 1.26 bits per heavy atom. The van der Waals surface area contributed by atoms with E-state index in [4.69, 9.17) is 9.47 Å². The first-order valence-electron chi connectivity index (χ1n) is 11.8. The number of nitrogens with zero attached hydrogens (tertiary/aromatic N) is 3. The maximum absolute atomic E-state index is 12.3. The normalized spacial score (nSPS) is 16.9. The highest BCUT2D eigenvalue weighted by Crippen LogP contribution is 2.42. The Morgan fingerprint density at radius 3 is 2.91 bits per heavy atom. The van der Waals surface area contributed by atoms with Crippen molar-refractivity contribution in [2.24, 2.45) is 16.3 Å². The van der Waals surface area contributed by atoms with E-state index >= 15 is 0 Å². The van der Waals surface area contributed by atoms with E-state index in [0.29, 0.717) is 26.2 Å². The maximum Gasteiger partial charge on any atom is 0.309 e. The van der Waals surface area contributed by atoms with Gasteiger partial charge in [-0.25, -0.2) is 9.97 Å². The Morgan fingerprint density at radius 2 is 2.12 bits per heavy atom. The highest BCUT2D eigenvalue weighted by atomic mass is 32.1. The largest absolute Gasteiger partial charge is 0.491 e. The Labute approximate surface area is 203 Å². The van der Waals surface area contributed by atoms with Crippen LogP contribution in [0.15, 0.2) is 23.5 Å². The minimum absolute atomic E-state index is 0.0386. The zero-order chi connectivity index (χ0) is 23.9. The van der Waals surface area contributed by atoms with Gasteiger partial charge in [0.25, 0.3) is 0 Å². The fourth-order valence-electron chi connectivity index (χ4n) is 4.44. The van der Waals surface area contributed by atoms with Crippen LogP contribution in [0.3, 0.4) is 0 Å². The SMILES string of the molecule is CCOC(=O)[C@H]1CCc2c(sc3ncnc(Nc4cc5c(cc4OCC(C)(C)C)CN=C5)c23)C1. The lowest BCUT2D eigenvalue weighted by atomic mass is 9.88. The number of fused-ring (bicyclic) bond motifs is 4. The molecule has 178 valence electrons. The summed E-state index contributed by atoms with van der Waals surface area (Å²) in [7, 11) is 0. The average Bonchev–Trinajstić information content (AvgIpc) is 3.40. The van der Waals surface area contributed by atoms with Crippen LogP contribution < -0.4 is 10.1 Å². The number of hydrogen-bond acceptors (Lipinski definition) is 8. The van der Waals surface area contributed by atoms with Crippen LogP contribution in [0, 0.1) is 11.3 Å². The summed E-state index contributed by atoms with van der Waals surface area (Å²) in [5.74, 6) is 1.39. The number of aryl methyl sites for hydroxylation is 1. The first kappa shape index (κ1) is 22.8. The van der Waals surface area contributed by atoms with Gasteiger partial charge in [-0.1, -0.05) is 20.8 Å². The van der Waals surface area contributed by atoms with Gasteiger partial charge in [0.2, 0.25) is 0 Å². The van der Waals surface area contributed by atoms with Crippen LogP contribution in [-0.2, 0) is 28.9 Å². The second-order valence-corrected chi connectivity index (χ2v) is 11.2. The van der Waals surface area contributed by atoms with Crippen molar-refractivity contribution in [2.45, 2.75) is 53.5 Å². The molecule has 0 fully saturated rings. The number of benzene rings is 1. The summed E-state index contributed by atoms with van der Waals surface area (Å²) >= 11 is 1.65. The van der Waals surface area contributed by atoms with Crippen LogP contribution in [0.4, 0.5) is 11.5 Å². The van der Waals surface area contributed by atoms with E-state index < -0.39 is 0 Å². The van der Waals surface area contributed by atoms with E-state index in [-0.39, 0.29) is 17.3 Å². The monoisotopic (exact) mass is 478 g/mol. The number of hydrogen-bond donors (Lipinski definition) is 1. The van der Waals surface area contributed by atoms with Gasteiger partial charge in [-0.15, -0.1) is 11.3 Å². The number of carbonyl (C=O) groups excluding carboxylic acids is 1. The van der Waals surface area contributed by atoms with Crippen LogP contribution >= 0.6 is 11.3 Å². The van der Waals surface area contributed by atoms with Gasteiger partial charge in [0.05, 0.1) is 36.8 Å². The average molecular weight is 479 g/mol. The van der Waals surface area contributed by atoms with E-state index in [1.807, 2.05) is 13.1 Å². The van der Waals surface area contributed by atoms with Crippen LogP contribution in [0.1, 0.15) is 55.7 Å². The predicted octanol–water partition coefficient (Wildman–Crippen LogP) is 5.46. The molecule has 1 atom stereocenters. The number of nitrogens with one attached hydrogen (secondary N) is 1. The summed E-state index contributed by atoms with van der Waals surface area (Å²) in [4.78, 5) is 28.0. The summed E-state index contributed by atoms with van der Waals surface area (Å²) in [6.07, 6.45) is 5.79. The van der Waals surface area contributed by atoms with Gasteiger partial charge >= 0.3 is 5.97 Å². The molecule has 5 rings (SSSR count). The number of thiophene rings is 1. The number of carbonyl (C=O) groups is 1. The molecule has 0 saturated heterocycles. The van der Waals surface area contributed by atoms with E-state index in [9.17, 15) is 4.79 Å². The first-order chi connectivity index (χ1) is 16.3. The zero-order valence-electron chi connectivity index (χ0n) is 20.1. The fourth-order valence-corrected chi connectivity index (χ4v) is 5.71. The number of rotatable bonds is 6. The topological polar surface area (TPSA) is 85.7 Å². The standard InChI is InChI=1S/C26H30N4O3S/c1-5-32-25(31)15-6-7-18-21(10-15)34-24-22(18)23(28-14-29-24)30-19-8-16-11-27-12-17(16)9-20(19)33-13-26(2,3)4/h8-9,11,14-15H,5-7,10,12-13H2,1-4H3,(H,28,29,30)/t15-/m0/s1. The lowest BCUT2D eigenvalue weighted by Gasteiger charge is -2.22. The summed E-state index contributed by atoms with van der Waals surface area (Å²) in [5.41, 5.74) is 4.41. The zero-order valence-corrected chi connectivity index (χ0v) is 20.9. The quantitative estimate of drug-likeness (QED) is 0.474. The Balaban J connectivity index is 1.49. The van der Waals surface area contributed by atoms with Crippen LogP contribution in [-0.4, -0.2) is 35.4 Å². The van der Waals surface area contributed by atoms with Gasteiger partial charge in [-0.2, -0.15) is 0 Å². The molecule has 0 unspecified atom stereocenters. The molecule has 3 aromatic rings. The number of aromatic nitrogens is 2. The fraction of sp³-hybridized carbons (Fsp3) is 0.462. The first-order valence-corrected chi connectivity index (χ1v) is 12.6. The molecular formula is C26H30N4O3S. The van der Waals surface area contributed by atoms with Crippen LogP contribution in [0.2, 0.25) is 0 Å². The maximum atomic E-state index is 12.3. The molecule has 1 aliphatic carbocycles. The predicted molar refractivity (Wildman–Crippen MR) is 136 cm³/mol. The smallest absolute Gasteiger partial charge is 0.309 e. The molecule has 7 nitrogen and oxygen atoms in total. The molecule has 1 aliphatic heterocycles. The molecule has 0 spiro atoms. The molecule has 2 aliphatic rings. The van der Waals surface area contributed by atoms with Crippen molar-refractivity contribution in [1.29, 1.82) is 0 Å². The van der Waals surface area contributed by atoms with E-state index in [2.05, 4.69) is 53.2 Å². The van der Waals surface area contributed by atoms with Gasteiger partial charge < -0.3 is 14.8 Å². The Kier molecular flexibility index (Phi) is 6.02. The lowest BCUT2D eigenvalue weighted by molar-refractivity contribution is -0.148. The molecule has 0 amide bonds. The summed E-state index contributed by atoms with van der Waals surface area (Å²) < 4.78 is 11.5. The third-order valence-electron chi connectivity index (χ3n) is 6.11. The second-order valence-electron chi connectivity index (χ2n) is 10.1. The number of ether oxygens (including phenoxy) is 2. The molecule has 0 saturated carbocycles. The third-order valence-corrected chi connectivity index (χ3v) is 7.27. The lowest BCUT2D eigenvalue weighted by Crippen LogP contribution is -2.23. The molecule has 0 radical (unpaired) electrons. The van der Waals surface area contributed by atoms with Crippen molar-refractivity contribution in [3.05, 3.63) is 40.0 Å². The highest BCUT2D eigenvalue weighted by Gasteiger charge is 2.30. The van der Waals surface area contributed by atoms with Gasteiger partial charge in [0, 0.05) is 11.1 Å². The minimum Gasteiger partial charge on any atom is -0.491 e. The number of anilines is 2. The number of aliphatic imine (C=N–C) groups is 1. The Hall–Kier alpha value is -3.00. The van der Waals surface area contributed by atoms with E-state index in [0.717, 1.165) is 45.9 Å². The molecule has 0 bridgehead atoms. The van der Waals surface area contributed by atoms with Gasteiger partial charge in [0.1, 0.15) is 22.7 Å². The van der Waals surface area contributed by atoms with Gasteiger partial charge in [-0.3, -0.25) is 9.79 Å². The summed E-state index contributed by atoms with van der Waals surface area (Å²) in [5, 5.41) is 4.59. The van der Waals surface area contributed by atoms with Crippen molar-refractivity contribution < 1.29 is 14.3 Å². The minimum atomic E-state index is -0.101. The summed E-state index contributed by atoms with van der Waals surface area (Å²) in [6, 6.07) is 4.18. The van der Waals surface area contributed by atoms with Gasteiger partial charge in [0.15, 0.2) is 0 Å². The van der Waals surface area contributed by atoms with Gasteiger partial charge in [-0.05, 0) is 60.4 Å². The molecule has 2 aromatic heterocycles. The van der Waals surface area contributed by atoms with Crippen molar-refractivity contribution in [3.63, 3.8) is 0 Å². The molecule has 1 N–H and O–H groups in total. The van der Waals surface area contributed by atoms with E-state index in [1.165, 1.54) is 16.0 Å². The van der Waals surface area contributed by atoms with E-state index in [1.54, 1.807) is 17.7 Å². The van der Waals surface area contributed by atoms with Crippen LogP contribution in [0.5, 0.6) is 5.75 Å². The van der Waals surface area contributed by atoms with Crippen molar-refractivity contribution in [1.82, 2.24) is 9.97 Å². The van der Waals surface area contributed by atoms with Crippen molar-refractivity contribution in [2.75, 3.05) is 18.5 Å². The molecule has 34 heavy (non-hydrogen) atoms.